The second-order valence-corrected chi connectivity index (χ2v) is 7.70. The lowest BCUT2D eigenvalue weighted by Gasteiger charge is -2.06. The number of aromatic hydroxyl groups is 1. The maximum atomic E-state index is 12.0. The summed E-state index contributed by atoms with van der Waals surface area (Å²) in [5.41, 5.74) is 0.337. The Bertz CT molecular complexity index is 987. The first-order chi connectivity index (χ1) is 11.4. The number of H-pyrrole nitrogens is 1. The third-order valence-corrected chi connectivity index (χ3v) is 5.65. The van der Waals surface area contributed by atoms with Gasteiger partial charge >= 0.3 is 0 Å². The lowest BCUT2D eigenvalue weighted by Crippen LogP contribution is -2.14. The van der Waals surface area contributed by atoms with Gasteiger partial charge in [-0.1, -0.05) is 35.0 Å². The van der Waals surface area contributed by atoms with Crippen LogP contribution in [0.1, 0.15) is 0 Å². The number of carbonyl (C=O) groups excluding carboxylic acids is 1. The molecule has 0 radical (unpaired) electrons. The molecule has 1 aromatic carbocycles. The van der Waals surface area contributed by atoms with Crippen LogP contribution in [0.25, 0.3) is 10.3 Å². The highest BCUT2D eigenvalue weighted by Crippen LogP contribution is 2.33. The van der Waals surface area contributed by atoms with Crippen LogP contribution in [-0.4, -0.2) is 26.7 Å². The van der Waals surface area contributed by atoms with E-state index in [0.717, 1.165) is 6.07 Å². The number of pyridine rings is 1. The minimum absolute atomic E-state index is 0.101. The molecule has 0 spiro atoms. The van der Waals surface area contributed by atoms with Crippen molar-refractivity contribution in [2.75, 3.05) is 11.1 Å². The van der Waals surface area contributed by atoms with Crippen molar-refractivity contribution >= 4 is 68.2 Å². The number of amides is 1. The smallest absolute Gasteiger partial charge is 0.253 e. The van der Waals surface area contributed by atoms with Gasteiger partial charge in [-0.25, -0.2) is 4.98 Å². The Morgan fingerprint density at radius 1 is 1.38 bits per heavy atom. The third-order valence-electron chi connectivity index (χ3n) is 2.88. The van der Waals surface area contributed by atoms with Crippen LogP contribution in [-0.2, 0) is 4.79 Å². The quantitative estimate of drug-likeness (QED) is 0.578. The van der Waals surface area contributed by atoms with E-state index in [9.17, 15) is 14.7 Å². The molecule has 3 aromatic rings. The molecule has 0 unspecified atom stereocenters. The first kappa shape index (κ1) is 17.1. The molecule has 124 valence electrons. The molecule has 0 aliphatic heterocycles. The molecule has 0 aliphatic rings. The van der Waals surface area contributed by atoms with Crippen molar-refractivity contribution < 1.29 is 9.90 Å². The number of fused-ring (bicyclic) bond motifs is 1. The summed E-state index contributed by atoms with van der Waals surface area (Å²) in [6, 6.07) is 5.87. The summed E-state index contributed by atoms with van der Waals surface area (Å²) in [7, 11) is 0. The van der Waals surface area contributed by atoms with Crippen LogP contribution >= 0.6 is 46.3 Å². The van der Waals surface area contributed by atoms with Crippen molar-refractivity contribution in [1.82, 2.24) is 9.97 Å². The van der Waals surface area contributed by atoms with Gasteiger partial charge in [-0.15, -0.1) is 11.3 Å². The number of aromatic nitrogens is 2. The Morgan fingerprint density at radius 3 is 2.92 bits per heavy atom. The number of halogens is 2. The average Bonchev–Trinajstić information content (AvgIpc) is 2.91. The minimum Gasteiger partial charge on any atom is -0.506 e. The maximum Gasteiger partial charge on any atom is 0.253 e. The van der Waals surface area contributed by atoms with Gasteiger partial charge in [0.1, 0.15) is 10.4 Å². The highest BCUT2D eigenvalue weighted by Gasteiger charge is 2.12. The van der Waals surface area contributed by atoms with E-state index < -0.39 is 5.56 Å². The fraction of sp³-hybridized carbons (Fsp3) is 0.0714. The minimum atomic E-state index is -0.433. The fourth-order valence-corrected chi connectivity index (χ4v) is 4.14. The topological polar surface area (TPSA) is 95.1 Å². The van der Waals surface area contributed by atoms with E-state index in [-0.39, 0.29) is 17.4 Å². The molecule has 2 heterocycles. The number of nitrogens with one attached hydrogen (secondary N) is 2. The molecular formula is C14H9Cl2N3O3S2. The molecule has 0 atom stereocenters. The lowest BCUT2D eigenvalue weighted by atomic mass is 10.3. The predicted molar refractivity (Wildman–Crippen MR) is 97.7 cm³/mol. The third kappa shape index (κ3) is 3.84. The molecule has 2 aromatic heterocycles. The number of hydrogen-bond acceptors (Lipinski definition) is 6. The molecule has 0 fully saturated rings. The van der Waals surface area contributed by atoms with Crippen LogP contribution in [0.3, 0.4) is 0 Å². The number of thioether (sulfide) groups is 1. The number of nitrogens with zero attached hydrogens (tertiary/aromatic N) is 1. The van der Waals surface area contributed by atoms with E-state index in [0.29, 0.717) is 30.4 Å². The van der Waals surface area contributed by atoms with E-state index in [4.69, 9.17) is 23.2 Å². The second-order valence-electron chi connectivity index (χ2n) is 4.64. The van der Waals surface area contributed by atoms with Crippen LogP contribution in [0.5, 0.6) is 5.75 Å². The van der Waals surface area contributed by atoms with Crippen molar-refractivity contribution in [3.8, 4) is 5.75 Å². The SMILES string of the molecule is O=C(CSc1nc2[nH]c(=O)cc(O)c2s1)Nc1ccc(Cl)cc1Cl. The summed E-state index contributed by atoms with van der Waals surface area (Å²) in [6.07, 6.45) is 0. The summed E-state index contributed by atoms with van der Waals surface area (Å²) in [5, 5.41) is 13.2. The standard InChI is InChI=1S/C14H9Cl2N3O3S2/c15-6-1-2-8(7(16)3-6)17-11(22)5-23-14-19-13-12(24-14)9(20)4-10(21)18-13/h1-4H,5H2,(H,17,22)(H2,18,20,21). The fourth-order valence-electron chi connectivity index (χ4n) is 1.87. The van der Waals surface area contributed by atoms with Gasteiger partial charge in [0.05, 0.1) is 16.5 Å². The van der Waals surface area contributed by atoms with Crippen LogP contribution in [0.4, 0.5) is 5.69 Å². The Hall–Kier alpha value is -1.74. The van der Waals surface area contributed by atoms with Crippen molar-refractivity contribution in [2.24, 2.45) is 0 Å². The van der Waals surface area contributed by atoms with Gasteiger partial charge in [0.15, 0.2) is 9.99 Å². The molecule has 0 bridgehead atoms. The van der Waals surface area contributed by atoms with E-state index in [1.165, 1.54) is 23.1 Å². The number of anilines is 1. The zero-order valence-corrected chi connectivity index (χ0v) is 14.9. The average molecular weight is 402 g/mol. The largest absolute Gasteiger partial charge is 0.506 e. The Labute approximate surface area is 153 Å². The maximum absolute atomic E-state index is 12.0. The molecular weight excluding hydrogens is 393 g/mol. The van der Waals surface area contributed by atoms with E-state index in [2.05, 4.69) is 15.3 Å². The van der Waals surface area contributed by atoms with Gasteiger partial charge in [0.25, 0.3) is 5.56 Å². The van der Waals surface area contributed by atoms with E-state index in [1.54, 1.807) is 18.2 Å². The molecule has 10 heteroatoms. The molecule has 0 saturated carbocycles. The number of hydrogen-bond donors (Lipinski definition) is 3. The van der Waals surface area contributed by atoms with Gasteiger partial charge < -0.3 is 15.4 Å². The van der Waals surface area contributed by atoms with Crippen molar-refractivity contribution in [3.63, 3.8) is 0 Å². The van der Waals surface area contributed by atoms with Gasteiger partial charge in [-0.3, -0.25) is 9.59 Å². The van der Waals surface area contributed by atoms with Gasteiger partial charge in [-0.05, 0) is 18.2 Å². The van der Waals surface area contributed by atoms with Crippen LogP contribution in [0.2, 0.25) is 10.0 Å². The predicted octanol–water partition coefficient (Wildman–Crippen LogP) is 3.73. The van der Waals surface area contributed by atoms with Crippen molar-refractivity contribution in [2.45, 2.75) is 4.34 Å². The Morgan fingerprint density at radius 2 is 2.17 bits per heavy atom. The van der Waals surface area contributed by atoms with Crippen molar-refractivity contribution in [1.29, 1.82) is 0 Å². The summed E-state index contributed by atoms with van der Waals surface area (Å²) in [5.74, 6) is -0.291. The molecule has 1 amide bonds. The summed E-state index contributed by atoms with van der Waals surface area (Å²) in [6.45, 7) is 0. The zero-order valence-electron chi connectivity index (χ0n) is 11.8. The highest BCUT2D eigenvalue weighted by atomic mass is 35.5. The summed E-state index contributed by atoms with van der Waals surface area (Å²) in [4.78, 5) is 30.0. The van der Waals surface area contributed by atoms with Crippen molar-refractivity contribution in [3.05, 3.63) is 44.7 Å². The molecule has 3 rings (SSSR count). The Balaban J connectivity index is 1.68. The van der Waals surface area contributed by atoms with Crippen LogP contribution in [0, 0.1) is 0 Å². The second kappa shape index (κ2) is 7.02. The Kier molecular flexibility index (Phi) is 5.00. The van der Waals surface area contributed by atoms with Gasteiger partial charge in [0.2, 0.25) is 5.91 Å². The molecule has 0 aliphatic carbocycles. The van der Waals surface area contributed by atoms with Crippen LogP contribution < -0.4 is 10.9 Å². The first-order valence-electron chi connectivity index (χ1n) is 6.53. The normalized spacial score (nSPS) is 10.9. The van der Waals surface area contributed by atoms with Gasteiger partial charge in [-0.2, -0.15) is 0 Å². The van der Waals surface area contributed by atoms with Gasteiger partial charge in [0, 0.05) is 11.1 Å². The van der Waals surface area contributed by atoms with E-state index in [1.807, 2.05) is 0 Å². The highest BCUT2D eigenvalue weighted by molar-refractivity contribution is 8.01. The first-order valence-corrected chi connectivity index (χ1v) is 9.09. The monoisotopic (exact) mass is 401 g/mol. The van der Waals surface area contributed by atoms with E-state index >= 15 is 0 Å². The molecule has 3 N–H and O–H groups in total. The number of rotatable bonds is 4. The molecule has 24 heavy (non-hydrogen) atoms. The number of aromatic amines is 1. The summed E-state index contributed by atoms with van der Waals surface area (Å²) >= 11 is 14.2. The molecule has 0 saturated heterocycles. The summed E-state index contributed by atoms with van der Waals surface area (Å²) < 4.78 is 1.03. The number of benzene rings is 1. The lowest BCUT2D eigenvalue weighted by molar-refractivity contribution is -0.113. The van der Waals surface area contributed by atoms with Crippen LogP contribution in [0.15, 0.2) is 33.4 Å². The zero-order chi connectivity index (χ0) is 17.3. The number of thiazole rings is 1. The molecule has 6 nitrogen and oxygen atoms in total. The number of carbonyl (C=O) groups is 1.